The second-order valence-corrected chi connectivity index (χ2v) is 5.49. The molecule has 0 fully saturated rings. The predicted molar refractivity (Wildman–Crippen MR) is 89.6 cm³/mol. The van der Waals surface area contributed by atoms with Crippen LogP contribution in [0, 0.1) is 0 Å². The fraction of sp³-hybridized carbons (Fsp3) is 0.400. The Morgan fingerprint density at radius 2 is 1.65 bits per heavy atom. The van der Waals surface area contributed by atoms with E-state index in [2.05, 4.69) is 57.7 Å². The maximum absolute atomic E-state index is 4.36. The quantitative estimate of drug-likeness (QED) is 0.565. The van der Waals surface area contributed by atoms with Crippen molar-refractivity contribution in [3.63, 3.8) is 0 Å². The van der Waals surface area contributed by atoms with Crippen molar-refractivity contribution in [3.05, 3.63) is 64.8 Å². The molecular weight excluding hydrogens is 240 g/mol. The van der Waals surface area contributed by atoms with Crippen molar-refractivity contribution in [1.82, 2.24) is 0 Å². The number of hydrogen-bond donors (Lipinski definition) is 0. The molecule has 20 heavy (non-hydrogen) atoms. The Labute approximate surface area is 123 Å². The highest BCUT2D eigenvalue weighted by Gasteiger charge is 2.29. The van der Waals surface area contributed by atoms with E-state index in [1.165, 1.54) is 41.5 Å². The molecule has 0 nitrogen and oxygen atoms in total. The summed E-state index contributed by atoms with van der Waals surface area (Å²) in [6.45, 7) is 11.1. The number of benzene rings is 1. The average Bonchev–Trinajstić information content (AvgIpc) is 2.49. The molecular formula is C20H26. The molecule has 0 aromatic heterocycles. The van der Waals surface area contributed by atoms with Crippen molar-refractivity contribution < 1.29 is 0 Å². The molecule has 1 aromatic rings. The normalized spacial score (nSPS) is 14.6. The Kier molecular flexibility index (Phi) is 5.00. The molecule has 0 bridgehead atoms. The predicted octanol–water partition coefficient (Wildman–Crippen LogP) is 6.32. The van der Waals surface area contributed by atoms with Crippen molar-refractivity contribution in [2.75, 3.05) is 0 Å². The van der Waals surface area contributed by atoms with Gasteiger partial charge in [-0.1, -0.05) is 69.7 Å². The number of hydrogen-bond acceptors (Lipinski definition) is 0. The number of allylic oxidation sites excluding steroid dienone is 5. The summed E-state index contributed by atoms with van der Waals surface area (Å²) in [6, 6.07) is 10.7. The SMILES string of the molecule is C=C1C(=C(CC)CC)C(CCCC)=C1c1ccccc1. The van der Waals surface area contributed by atoms with E-state index in [4.69, 9.17) is 0 Å². The van der Waals surface area contributed by atoms with Crippen LogP contribution in [0.25, 0.3) is 5.57 Å². The highest BCUT2D eigenvalue weighted by Crippen LogP contribution is 2.49. The molecule has 0 radical (unpaired) electrons. The molecule has 1 aliphatic rings. The van der Waals surface area contributed by atoms with Crippen LogP contribution in [0.2, 0.25) is 0 Å². The summed E-state index contributed by atoms with van der Waals surface area (Å²) >= 11 is 0. The molecule has 0 saturated heterocycles. The van der Waals surface area contributed by atoms with Gasteiger partial charge in [-0.15, -0.1) is 0 Å². The zero-order chi connectivity index (χ0) is 14.5. The molecule has 0 unspecified atom stereocenters. The monoisotopic (exact) mass is 266 g/mol. The third kappa shape index (κ3) is 2.65. The van der Waals surface area contributed by atoms with Gasteiger partial charge in [0.1, 0.15) is 0 Å². The van der Waals surface area contributed by atoms with Gasteiger partial charge in [-0.3, -0.25) is 0 Å². The van der Waals surface area contributed by atoms with E-state index in [0.717, 1.165) is 12.8 Å². The van der Waals surface area contributed by atoms with E-state index in [1.807, 2.05) is 0 Å². The lowest BCUT2D eigenvalue weighted by Gasteiger charge is -2.33. The van der Waals surface area contributed by atoms with E-state index in [1.54, 1.807) is 11.1 Å². The summed E-state index contributed by atoms with van der Waals surface area (Å²) in [5.74, 6) is 0. The van der Waals surface area contributed by atoms with E-state index in [0.29, 0.717) is 0 Å². The molecule has 106 valence electrons. The van der Waals surface area contributed by atoms with Crippen molar-refractivity contribution in [1.29, 1.82) is 0 Å². The second kappa shape index (κ2) is 6.74. The molecule has 0 aliphatic heterocycles. The van der Waals surface area contributed by atoms with E-state index < -0.39 is 0 Å². The minimum atomic E-state index is 1.14. The molecule has 1 aromatic carbocycles. The van der Waals surface area contributed by atoms with Gasteiger partial charge in [0.05, 0.1) is 0 Å². The highest BCUT2D eigenvalue weighted by atomic mass is 14.3. The van der Waals surface area contributed by atoms with Gasteiger partial charge in [0.15, 0.2) is 0 Å². The first kappa shape index (κ1) is 14.8. The molecule has 0 spiro atoms. The van der Waals surface area contributed by atoms with Crippen LogP contribution in [0.5, 0.6) is 0 Å². The summed E-state index contributed by atoms with van der Waals surface area (Å²) in [6.07, 6.45) is 5.99. The number of unbranched alkanes of at least 4 members (excludes halogenated alkanes) is 1. The molecule has 0 atom stereocenters. The molecule has 0 saturated carbocycles. The van der Waals surface area contributed by atoms with Crippen LogP contribution in [0.15, 0.2) is 59.2 Å². The zero-order valence-corrected chi connectivity index (χ0v) is 13.1. The summed E-state index contributed by atoms with van der Waals surface area (Å²) < 4.78 is 0. The smallest absolute Gasteiger partial charge is 0.00730 e. The lowest BCUT2D eigenvalue weighted by Crippen LogP contribution is -2.14. The maximum atomic E-state index is 4.36. The summed E-state index contributed by atoms with van der Waals surface area (Å²) in [5.41, 5.74) is 8.62. The van der Waals surface area contributed by atoms with Crippen LogP contribution in [0.4, 0.5) is 0 Å². The fourth-order valence-corrected chi connectivity index (χ4v) is 3.14. The highest BCUT2D eigenvalue weighted by molar-refractivity contribution is 5.98. The van der Waals surface area contributed by atoms with Gasteiger partial charge < -0.3 is 0 Å². The average molecular weight is 266 g/mol. The van der Waals surface area contributed by atoms with Crippen molar-refractivity contribution in [2.45, 2.75) is 52.9 Å². The first-order valence-corrected chi connectivity index (χ1v) is 7.95. The molecule has 2 rings (SSSR count). The molecule has 0 heteroatoms. The first-order chi connectivity index (χ1) is 9.74. The minimum absolute atomic E-state index is 1.14. The summed E-state index contributed by atoms with van der Waals surface area (Å²) in [4.78, 5) is 0. The van der Waals surface area contributed by atoms with Crippen LogP contribution < -0.4 is 0 Å². The first-order valence-electron chi connectivity index (χ1n) is 7.95. The maximum Gasteiger partial charge on any atom is -0.00730 e. The van der Waals surface area contributed by atoms with E-state index in [9.17, 15) is 0 Å². The van der Waals surface area contributed by atoms with Crippen molar-refractivity contribution in [2.24, 2.45) is 0 Å². The molecule has 1 aliphatic carbocycles. The molecule has 0 amide bonds. The van der Waals surface area contributed by atoms with Crippen molar-refractivity contribution in [3.8, 4) is 0 Å². The van der Waals surface area contributed by atoms with Crippen LogP contribution in [0.3, 0.4) is 0 Å². The fourth-order valence-electron chi connectivity index (χ4n) is 3.14. The Bertz CT molecular complexity index is 535. The van der Waals surface area contributed by atoms with Crippen LogP contribution >= 0.6 is 0 Å². The third-order valence-corrected chi connectivity index (χ3v) is 4.26. The second-order valence-electron chi connectivity index (χ2n) is 5.49. The van der Waals surface area contributed by atoms with Gasteiger partial charge in [0, 0.05) is 0 Å². The van der Waals surface area contributed by atoms with Gasteiger partial charge in [-0.05, 0) is 53.5 Å². The van der Waals surface area contributed by atoms with Crippen molar-refractivity contribution >= 4 is 5.57 Å². The van der Waals surface area contributed by atoms with E-state index >= 15 is 0 Å². The lowest BCUT2D eigenvalue weighted by molar-refractivity contribution is 0.782. The van der Waals surface area contributed by atoms with Crippen LogP contribution in [-0.2, 0) is 0 Å². The minimum Gasteiger partial charge on any atom is -0.0905 e. The standard InChI is InChI=1S/C20H26/c1-5-8-14-18-19(16(6-2)7-3)15(4)20(18)17-12-10-9-11-13-17/h9-13H,4-8,14H2,1-3H3. The lowest BCUT2D eigenvalue weighted by atomic mass is 9.70. The molecule has 0 heterocycles. The Hall–Kier alpha value is -1.56. The third-order valence-electron chi connectivity index (χ3n) is 4.26. The number of rotatable bonds is 6. The van der Waals surface area contributed by atoms with Gasteiger partial charge >= 0.3 is 0 Å². The van der Waals surface area contributed by atoms with Crippen LogP contribution in [0.1, 0.15) is 58.4 Å². The van der Waals surface area contributed by atoms with Gasteiger partial charge in [-0.2, -0.15) is 0 Å². The van der Waals surface area contributed by atoms with Gasteiger partial charge in [0.25, 0.3) is 0 Å². The van der Waals surface area contributed by atoms with Crippen LogP contribution in [-0.4, -0.2) is 0 Å². The molecule has 0 N–H and O–H groups in total. The zero-order valence-electron chi connectivity index (χ0n) is 13.1. The Morgan fingerprint density at radius 3 is 2.20 bits per heavy atom. The summed E-state index contributed by atoms with van der Waals surface area (Å²) in [7, 11) is 0. The van der Waals surface area contributed by atoms with Gasteiger partial charge in [0.2, 0.25) is 0 Å². The largest absolute Gasteiger partial charge is 0.0905 e. The Morgan fingerprint density at radius 1 is 1.00 bits per heavy atom. The van der Waals surface area contributed by atoms with E-state index in [-0.39, 0.29) is 0 Å². The topological polar surface area (TPSA) is 0 Å². The summed E-state index contributed by atoms with van der Waals surface area (Å²) in [5, 5.41) is 0. The Balaban J connectivity index is 2.48. The van der Waals surface area contributed by atoms with Gasteiger partial charge in [-0.25, -0.2) is 0 Å².